The molecule has 2 N–H and O–H groups in total. The van der Waals surface area contributed by atoms with Gasteiger partial charge in [0.15, 0.2) is 0 Å². The molecule has 1 atom stereocenters. The van der Waals surface area contributed by atoms with Crippen LogP contribution in [0.15, 0.2) is 48.8 Å². The molecular weight excluding hydrogens is 328 g/mol. The molecule has 0 saturated heterocycles. The number of carbonyl (C=O) groups excluding carboxylic acids is 2. The fourth-order valence-electron chi connectivity index (χ4n) is 3.38. The normalized spacial score (nSPS) is 15.5. The lowest BCUT2D eigenvalue weighted by atomic mass is 10.1. The third-order valence-electron chi connectivity index (χ3n) is 4.77. The summed E-state index contributed by atoms with van der Waals surface area (Å²) in [6, 6.07) is 11.8. The number of benzene rings is 1. The molecule has 2 aromatic rings. The quantitative estimate of drug-likeness (QED) is 0.765. The van der Waals surface area contributed by atoms with E-state index < -0.39 is 0 Å². The molecule has 1 aliphatic rings. The zero-order valence-electron chi connectivity index (χ0n) is 14.9. The van der Waals surface area contributed by atoms with Crippen molar-refractivity contribution in [3.63, 3.8) is 0 Å². The van der Waals surface area contributed by atoms with Crippen molar-refractivity contribution < 1.29 is 9.59 Å². The van der Waals surface area contributed by atoms with Crippen LogP contribution >= 0.6 is 0 Å². The highest BCUT2D eigenvalue weighted by Gasteiger charge is 2.19. The molecule has 3 rings (SSSR count). The van der Waals surface area contributed by atoms with E-state index in [2.05, 4.69) is 15.7 Å². The maximum absolute atomic E-state index is 12.4. The maximum atomic E-state index is 12.4. The molecule has 0 bridgehead atoms. The standard InChI is InChI=1S/C20H26N4O2/c25-19(22-17-9-4-5-10-17)11-12-20(26)23-18(15-24-14-6-13-21-24)16-7-2-1-3-8-16/h1-3,6-8,13-14,17-18H,4-5,9-12,15H2,(H,22,25)(H,23,26)/t18-/m1/s1. The Kier molecular flexibility index (Phi) is 6.41. The van der Waals surface area contributed by atoms with Crippen LogP contribution in [0.1, 0.15) is 50.1 Å². The maximum Gasteiger partial charge on any atom is 0.221 e. The van der Waals surface area contributed by atoms with Crippen LogP contribution in [-0.4, -0.2) is 27.6 Å². The van der Waals surface area contributed by atoms with Crippen LogP contribution in [-0.2, 0) is 16.1 Å². The van der Waals surface area contributed by atoms with E-state index in [4.69, 9.17) is 0 Å². The molecule has 6 nitrogen and oxygen atoms in total. The van der Waals surface area contributed by atoms with Gasteiger partial charge in [-0.25, -0.2) is 0 Å². The van der Waals surface area contributed by atoms with E-state index in [0.29, 0.717) is 12.6 Å². The summed E-state index contributed by atoms with van der Waals surface area (Å²) in [5, 5.41) is 10.3. The van der Waals surface area contributed by atoms with Crippen molar-refractivity contribution in [1.82, 2.24) is 20.4 Å². The number of nitrogens with one attached hydrogen (secondary N) is 2. The smallest absolute Gasteiger partial charge is 0.221 e. The highest BCUT2D eigenvalue weighted by molar-refractivity contribution is 5.84. The number of hydrogen-bond donors (Lipinski definition) is 2. The lowest BCUT2D eigenvalue weighted by Crippen LogP contribution is -2.35. The second kappa shape index (κ2) is 9.17. The van der Waals surface area contributed by atoms with E-state index >= 15 is 0 Å². The van der Waals surface area contributed by atoms with Gasteiger partial charge >= 0.3 is 0 Å². The van der Waals surface area contributed by atoms with E-state index in [0.717, 1.165) is 18.4 Å². The van der Waals surface area contributed by atoms with Gasteiger partial charge in [-0.15, -0.1) is 0 Å². The van der Waals surface area contributed by atoms with E-state index in [9.17, 15) is 9.59 Å². The Morgan fingerprint density at radius 1 is 1.08 bits per heavy atom. The zero-order valence-corrected chi connectivity index (χ0v) is 14.9. The lowest BCUT2D eigenvalue weighted by Gasteiger charge is -2.19. The molecule has 0 radical (unpaired) electrons. The van der Waals surface area contributed by atoms with Gasteiger partial charge < -0.3 is 10.6 Å². The first-order chi connectivity index (χ1) is 12.7. The number of carbonyl (C=O) groups is 2. The number of hydrogen-bond acceptors (Lipinski definition) is 3. The second-order valence-electron chi connectivity index (χ2n) is 6.81. The molecule has 1 heterocycles. The molecule has 1 aromatic carbocycles. The van der Waals surface area contributed by atoms with E-state index in [1.54, 1.807) is 10.9 Å². The lowest BCUT2D eigenvalue weighted by molar-refractivity contribution is -0.127. The van der Waals surface area contributed by atoms with Crippen molar-refractivity contribution in [2.24, 2.45) is 0 Å². The third-order valence-corrected chi connectivity index (χ3v) is 4.77. The summed E-state index contributed by atoms with van der Waals surface area (Å²) in [6.07, 6.45) is 8.48. The van der Waals surface area contributed by atoms with Gasteiger partial charge in [0, 0.05) is 31.3 Å². The topological polar surface area (TPSA) is 76.0 Å². The Balaban J connectivity index is 1.52. The monoisotopic (exact) mass is 354 g/mol. The van der Waals surface area contributed by atoms with Crippen LogP contribution in [0.3, 0.4) is 0 Å². The Hall–Kier alpha value is -2.63. The Bertz CT molecular complexity index is 694. The number of amides is 2. The zero-order chi connectivity index (χ0) is 18.2. The van der Waals surface area contributed by atoms with Crippen LogP contribution in [0.2, 0.25) is 0 Å². The summed E-state index contributed by atoms with van der Waals surface area (Å²) < 4.78 is 1.80. The molecule has 138 valence electrons. The molecule has 1 aliphatic carbocycles. The van der Waals surface area contributed by atoms with Gasteiger partial charge in [-0.2, -0.15) is 5.10 Å². The molecule has 26 heavy (non-hydrogen) atoms. The minimum atomic E-state index is -0.179. The first-order valence-corrected chi connectivity index (χ1v) is 9.32. The summed E-state index contributed by atoms with van der Waals surface area (Å²) in [7, 11) is 0. The molecule has 0 aliphatic heterocycles. The highest BCUT2D eigenvalue weighted by Crippen LogP contribution is 2.18. The summed E-state index contributed by atoms with van der Waals surface area (Å²) in [5.74, 6) is -0.150. The van der Waals surface area contributed by atoms with Gasteiger partial charge in [0.05, 0.1) is 12.6 Å². The summed E-state index contributed by atoms with van der Waals surface area (Å²) in [4.78, 5) is 24.4. The van der Waals surface area contributed by atoms with Crippen molar-refractivity contribution in [3.05, 3.63) is 54.4 Å². The van der Waals surface area contributed by atoms with Crippen molar-refractivity contribution in [1.29, 1.82) is 0 Å². The molecule has 1 aromatic heterocycles. The summed E-state index contributed by atoms with van der Waals surface area (Å²) >= 11 is 0. The van der Waals surface area contributed by atoms with Crippen molar-refractivity contribution in [3.8, 4) is 0 Å². The average Bonchev–Trinajstić information content (AvgIpc) is 3.34. The summed E-state index contributed by atoms with van der Waals surface area (Å²) in [6.45, 7) is 0.553. The van der Waals surface area contributed by atoms with Crippen LogP contribution in [0.5, 0.6) is 0 Å². The molecule has 0 spiro atoms. The fourth-order valence-corrected chi connectivity index (χ4v) is 3.38. The molecule has 1 saturated carbocycles. The predicted octanol–water partition coefficient (Wildman–Crippen LogP) is 2.58. The Morgan fingerprint density at radius 2 is 1.81 bits per heavy atom. The largest absolute Gasteiger partial charge is 0.353 e. The van der Waals surface area contributed by atoms with Crippen LogP contribution in [0.4, 0.5) is 0 Å². The van der Waals surface area contributed by atoms with Crippen LogP contribution < -0.4 is 10.6 Å². The summed E-state index contributed by atoms with van der Waals surface area (Å²) in [5.41, 5.74) is 1.02. The molecule has 2 amide bonds. The van der Waals surface area contributed by atoms with Gasteiger partial charge in [-0.1, -0.05) is 43.2 Å². The number of rotatable bonds is 8. The minimum absolute atomic E-state index is 0.0320. The highest BCUT2D eigenvalue weighted by atomic mass is 16.2. The number of aromatic nitrogens is 2. The van der Waals surface area contributed by atoms with Gasteiger partial charge in [-0.05, 0) is 24.5 Å². The Morgan fingerprint density at radius 3 is 2.50 bits per heavy atom. The second-order valence-corrected chi connectivity index (χ2v) is 6.81. The molecule has 0 unspecified atom stereocenters. The Labute approximate surface area is 154 Å². The predicted molar refractivity (Wildman–Crippen MR) is 99.2 cm³/mol. The first-order valence-electron chi connectivity index (χ1n) is 9.32. The molecular formula is C20H26N4O2. The van der Waals surface area contributed by atoms with E-state index in [-0.39, 0.29) is 30.7 Å². The molecule has 6 heteroatoms. The van der Waals surface area contributed by atoms with E-state index in [1.807, 2.05) is 42.6 Å². The van der Waals surface area contributed by atoms with E-state index in [1.165, 1.54) is 12.8 Å². The number of nitrogens with zero attached hydrogens (tertiary/aromatic N) is 2. The van der Waals surface area contributed by atoms with Crippen LogP contribution in [0.25, 0.3) is 0 Å². The van der Waals surface area contributed by atoms with Gasteiger partial charge in [0.2, 0.25) is 11.8 Å². The molecule has 1 fully saturated rings. The van der Waals surface area contributed by atoms with Crippen LogP contribution in [0, 0.1) is 0 Å². The third kappa shape index (κ3) is 5.44. The SMILES string of the molecule is O=C(CCC(=O)N[C@H](Cn1cccn1)c1ccccc1)NC1CCCC1. The van der Waals surface area contributed by atoms with Crippen molar-refractivity contribution in [2.45, 2.75) is 57.2 Å². The van der Waals surface area contributed by atoms with Crippen molar-refractivity contribution >= 4 is 11.8 Å². The fraction of sp³-hybridized carbons (Fsp3) is 0.450. The first kappa shape index (κ1) is 18.2. The van der Waals surface area contributed by atoms with Gasteiger partial charge in [0.1, 0.15) is 0 Å². The van der Waals surface area contributed by atoms with Crippen molar-refractivity contribution in [2.75, 3.05) is 0 Å². The average molecular weight is 354 g/mol. The van der Waals surface area contributed by atoms with Gasteiger partial charge in [0.25, 0.3) is 0 Å². The van der Waals surface area contributed by atoms with Gasteiger partial charge in [-0.3, -0.25) is 14.3 Å². The minimum Gasteiger partial charge on any atom is -0.353 e.